The molecule has 98 valence electrons. The quantitative estimate of drug-likeness (QED) is 0.801. The molecule has 18 heavy (non-hydrogen) atoms. The maximum atomic E-state index is 12.1. The molecule has 0 unspecified atom stereocenters. The second-order valence-electron chi connectivity index (χ2n) is 4.76. The van der Waals surface area contributed by atoms with Crippen molar-refractivity contribution < 1.29 is 4.79 Å². The first-order chi connectivity index (χ1) is 8.66. The summed E-state index contributed by atoms with van der Waals surface area (Å²) in [6, 6.07) is 1.74. The lowest BCUT2D eigenvalue weighted by Gasteiger charge is -2.20. The molecule has 1 saturated heterocycles. The van der Waals surface area contributed by atoms with Gasteiger partial charge in [-0.05, 0) is 31.4 Å². The maximum absolute atomic E-state index is 12.1. The van der Waals surface area contributed by atoms with Gasteiger partial charge in [-0.3, -0.25) is 5.32 Å². The minimum atomic E-state index is -0.0615. The van der Waals surface area contributed by atoms with E-state index >= 15 is 0 Å². The van der Waals surface area contributed by atoms with Gasteiger partial charge < -0.3 is 10.6 Å². The van der Waals surface area contributed by atoms with Crippen molar-refractivity contribution in [2.75, 3.05) is 24.1 Å². The average Bonchev–Trinajstić information content (AvgIpc) is 2.62. The molecule has 5 nitrogen and oxygen atoms in total. The fraction of sp³-hybridized carbons (Fsp3) is 0.538. The van der Waals surface area contributed by atoms with Crippen LogP contribution in [0.1, 0.15) is 31.2 Å². The minimum absolute atomic E-state index is 0.0615. The number of nitrogens with zero attached hydrogens (tertiary/aromatic N) is 2. The second-order valence-corrected chi connectivity index (χ2v) is 4.76. The van der Waals surface area contributed by atoms with Crippen LogP contribution < -0.4 is 11.1 Å². The summed E-state index contributed by atoms with van der Waals surface area (Å²) in [7, 11) is 0. The Morgan fingerprint density at radius 1 is 1.33 bits per heavy atom. The van der Waals surface area contributed by atoms with Crippen LogP contribution in [-0.4, -0.2) is 29.0 Å². The lowest BCUT2D eigenvalue weighted by atomic mass is 10.2. The molecule has 0 aromatic carbocycles. The third-order valence-corrected chi connectivity index (χ3v) is 3.28. The minimum Gasteiger partial charge on any atom is -0.397 e. The van der Waals surface area contributed by atoms with E-state index in [4.69, 9.17) is 5.73 Å². The summed E-state index contributed by atoms with van der Waals surface area (Å²) in [6.45, 7) is 3.57. The number of hydrogen-bond donors (Lipinski definition) is 2. The van der Waals surface area contributed by atoms with E-state index in [0.29, 0.717) is 11.5 Å². The van der Waals surface area contributed by atoms with Gasteiger partial charge in [0.15, 0.2) is 0 Å². The van der Waals surface area contributed by atoms with Gasteiger partial charge in [0.25, 0.3) is 0 Å². The summed E-state index contributed by atoms with van der Waals surface area (Å²) in [5.74, 6) is 0.566. The van der Waals surface area contributed by atoms with Crippen molar-refractivity contribution in [1.82, 2.24) is 9.88 Å². The molecule has 2 heterocycles. The largest absolute Gasteiger partial charge is 0.397 e. The summed E-state index contributed by atoms with van der Waals surface area (Å²) >= 11 is 0. The molecule has 1 aliphatic rings. The van der Waals surface area contributed by atoms with Crippen LogP contribution in [0.3, 0.4) is 0 Å². The molecule has 0 atom stereocenters. The zero-order valence-corrected chi connectivity index (χ0v) is 10.8. The molecule has 2 rings (SSSR count). The number of nitrogens with two attached hydrogens (primary N) is 1. The van der Waals surface area contributed by atoms with Gasteiger partial charge in [0.1, 0.15) is 5.82 Å². The highest BCUT2D eigenvalue weighted by Crippen LogP contribution is 2.15. The summed E-state index contributed by atoms with van der Waals surface area (Å²) < 4.78 is 0. The monoisotopic (exact) mass is 248 g/mol. The van der Waals surface area contributed by atoms with Gasteiger partial charge in [0.05, 0.1) is 11.9 Å². The molecular formula is C13H20N4O. The number of amides is 2. The lowest BCUT2D eigenvalue weighted by Crippen LogP contribution is -2.35. The molecule has 1 aliphatic heterocycles. The number of carbonyl (C=O) groups is 1. The van der Waals surface area contributed by atoms with E-state index in [1.165, 1.54) is 12.8 Å². The van der Waals surface area contributed by atoms with Crippen LogP contribution >= 0.6 is 0 Å². The fourth-order valence-electron chi connectivity index (χ4n) is 2.10. The number of nitrogens with one attached hydrogen (secondary N) is 1. The molecular weight excluding hydrogens is 228 g/mol. The number of pyridine rings is 1. The van der Waals surface area contributed by atoms with E-state index in [9.17, 15) is 4.79 Å². The van der Waals surface area contributed by atoms with Crippen molar-refractivity contribution in [2.45, 2.75) is 32.6 Å². The van der Waals surface area contributed by atoms with Crippen LogP contribution in [0.4, 0.5) is 16.3 Å². The predicted molar refractivity (Wildman–Crippen MR) is 72.4 cm³/mol. The predicted octanol–water partition coefficient (Wildman–Crippen LogP) is 2.38. The molecule has 0 aliphatic carbocycles. The van der Waals surface area contributed by atoms with E-state index in [0.717, 1.165) is 31.5 Å². The number of rotatable bonds is 1. The van der Waals surface area contributed by atoms with E-state index in [2.05, 4.69) is 10.3 Å². The standard InChI is InChI=1S/C13H20N4O/c1-10-8-12(15-9-11(10)14)16-13(18)17-6-4-2-3-5-7-17/h8-9H,2-7,14H2,1H3,(H,15,16,18). The number of likely N-dealkylation sites (tertiary alicyclic amines) is 1. The normalized spacial score (nSPS) is 16.2. The number of nitrogen functional groups attached to an aromatic ring is 1. The van der Waals surface area contributed by atoms with Gasteiger partial charge in [-0.1, -0.05) is 12.8 Å². The Hall–Kier alpha value is -1.78. The zero-order valence-electron chi connectivity index (χ0n) is 10.8. The first kappa shape index (κ1) is 12.7. The first-order valence-electron chi connectivity index (χ1n) is 6.45. The zero-order chi connectivity index (χ0) is 13.0. The first-order valence-corrected chi connectivity index (χ1v) is 6.45. The molecule has 2 amide bonds. The van der Waals surface area contributed by atoms with Gasteiger partial charge in [0, 0.05) is 13.1 Å². The highest BCUT2D eigenvalue weighted by atomic mass is 16.2. The Labute approximate surface area is 107 Å². The SMILES string of the molecule is Cc1cc(NC(=O)N2CCCCCC2)ncc1N. The van der Waals surface area contributed by atoms with Crippen LogP contribution in [0, 0.1) is 6.92 Å². The number of anilines is 2. The highest BCUT2D eigenvalue weighted by molar-refractivity contribution is 5.88. The summed E-state index contributed by atoms with van der Waals surface area (Å²) in [6.07, 6.45) is 6.17. The van der Waals surface area contributed by atoms with Gasteiger partial charge in [-0.2, -0.15) is 0 Å². The van der Waals surface area contributed by atoms with Crippen molar-refractivity contribution in [3.63, 3.8) is 0 Å². The van der Waals surface area contributed by atoms with Gasteiger partial charge >= 0.3 is 6.03 Å². The molecule has 1 fully saturated rings. The number of carbonyl (C=O) groups excluding carboxylic acids is 1. The van der Waals surface area contributed by atoms with Crippen molar-refractivity contribution in [1.29, 1.82) is 0 Å². The Kier molecular flexibility index (Phi) is 4.02. The van der Waals surface area contributed by atoms with Crippen molar-refractivity contribution in [3.05, 3.63) is 17.8 Å². The Bertz CT molecular complexity index is 425. The van der Waals surface area contributed by atoms with Crippen molar-refractivity contribution >= 4 is 17.5 Å². The molecule has 0 spiro atoms. The number of urea groups is 1. The van der Waals surface area contributed by atoms with E-state index in [1.54, 1.807) is 12.3 Å². The fourth-order valence-corrected chi connectivity index (χ4v) is 2.10. The Morgan fingerprint density at radius 2 is 2.00 bits per heavy atom. The van der Waals surface area contributed by atoms with Crippen LogP contribution in [-0.2, 0) is 0 Å². The van der Waals surface area contributed by atoms with Crippen LogP contribution in [0.5, 0.6) is 0 Å². The van der Waals surface area contributed by atoms with Gasteiger partial charge in [0.2, 0.25) is 0 Å². The average molecular weight is 248 g/mol. The van der Waals surface area contributed by atoms with E-state index in [-0.39, 0.29) is 6.03 Å². The lowest BCUT2D eigenvalue weighted by molar-refractivity contribution is 0.213. The second kappa shape index (κ2) is 5.71. The molecule has 1 aromatic heterocycles. The van der Waals surface area contributed by atoms with Crippen molar-refractivity contribution in [2.24, 2.45) is 0 Å². The Morgan fingerprint density at radius 3 is 2.61 bits per heavy atom. The molecule has 3 N–H and O–H groups in total. The highest BCUT2D eigenvalue weighted by Gasteiger charge is 2.15. The molecule has 0 radical (unpaired) electrons. The van der Waals surface area contributed by atoms with E-state index in [1.807, 2.05) is 11.8 Å². The molecule has 5 heteroatoms. The number of aromatic nitrogens is 1. The Balaban J connectivity index is 1.99. The summed E-state index contributed by atoms with van der Waals surface area (Å²) in [5, 5.41) is 2.83. The third-order valence-electron chi connectivity index (χ3n) is 3.28. The van der Waals surface area contributed by atoms with Crippen molar-refractivity contribution in [3.8, 4) is 0 Å². The third kappa shape index (κ3) is 3.12. The smallest absolute Gasteiger partial charge is 0.323 e. The maximum Gasteiger partial charge on any atom is 0.323 e. The molecule has 1 aromatic rings. The molecule has 0 saturated carbocycles. The number of aryl methyl sites for hydroxylation is 1. The topological polar surface area (TPSA) is 71.2 Å². The van der Waals surface area contributed by atoms with E-state index < -0.39 is 0 Å². The van der Waals surface area contributed by atoms with Crippen LogP contribution in [0.2, 0.25) is 0 Å². The van der Waals surface area contributed by atoms with Crippen LogP contribution in [0.25, 0.3) is 0 Å². The number of hydrogen-bond acceptors (Lipinski definition) is 3. The molecule has 0 bridgehead atoms. The van der Waals surface area contributed by atoms with Gasteiger partial charge in [-0.15, -0.1) is 0 Å². The van der Waals surface area contributed by atoms with Gasteiger partial charge in [-0.25, -0.2) is 9.78 Å². The summed E-state index contributed by atoms with van der Waals surface area (Å²) in [5.41, 5.74) is 7.27. The summed E-state index contributed by atoms with van der Waals surface area (Å²) in [4.78, 5) is 18.0. The van der Waals surface area contributed by atoms with Crippen LogP contribution in [0.15, 0.2) is 12.3 Å².